The van der Waals surface area contributed by atoms with Crippen LogP contribution in [-0.2, 0) is 9.53 Å². The molecule has 0 radical (unpaired) electrons. The second-order valence-electron chi connectivity index (χ2n) is 4.83. The fourth-order valence-corrected chi connectivity index (χ4v) is 2.29. The van der Waals surface area contributed by atoms with E-state index in [1.165, 1.54) is 4.68 Å². The van der Waals surface area contributed by atoms with Gasteiger partial charge in [-0.15, -0.1) is 5.10 Å². The normalized spacial score (nSPS) is 16.9. The summed E-state index contributed by atoms with van der Waals surface area (Å²) >= 11 is 0. The molecule has 8 nitrogen and oxygen atoms in total. The van der Waals surface area contributed by atoms with E-state index in [2.05, 4.69) is 20.8 Å². The molecule has 1 atom stereocenters. The van der Waals surface area contributed by atoms with E-state index in [1.54, 1.807) is 13.8 Å². The van der Waals surface area contributed by atoms with E-state index in [4.69, 9.17) is 4.74 Å². The highest BCUT2D eigenvalue weighted by Crippen LogP contribution is 2.18. The lowest BCUT2D eigenvalue weighted by Gasteiger charge is -2.17. The molecule has 0 aliphatic heterocycles. The van der Waals surface area contributed by atoms with Crippen molar-refractivity contribution in [1.82, 2.24) is 25.5 Å². The minimum absolute atomic E-state index is 0.0547. The number of carbonyl (C=O) groups excluding carboxylic acids is 2. The van der Waals surface area contributed by atoms with E-state index in [1.807, 2.05) is 0 Å². The van der Waals surface area contributed by atoms with Crippen molar-refractivity contribution in [3.8, 4) is 0 Å². The molecule has 1 fully saturated rings. The number of hydrogen-bond acceptors (Lipinski definition) is 6. The SMILES string of the molecule is CCOC(=O)c1nnnn1C(C)C(=O)NC1CCCC1. The Morgan fingerprint density at radius 2 is 2.15 bits per heavy atom. The molecular formula is C12H19N5O3. The van der Waals surface area contributed by atoms with Crippen LogP contribution in [0.15, 0.2) is 0 Å². The molecule has 0 saturated heterocycles. The molecule has 20 heavy (non-hydrogen) atoms. The van der Waals surface area contributed by atoms with Gasteiger partial charge < -0.3 is 10.1 Å². The van der Waals surface area contributed by atoms with Crippen molar-refractivity contribution in [1.29, 1.82) is 0 Å². The lowest BCUT2D eigenvalue weighted by molar-refractivity contribution is -0.124. The Morgan fingerprint density at radius 1 is 1.45 bits per heavy atom. The molecule has 1 saturated carbocycles. The third-order valence-electron chi connectivity index (χ3n) is 3.40. The fourth-order valence-electron chi connectivity index (χ4n) is 2.29. The number of esters is 1. The third-order valence-corrected chi connectivity index (χ3v) is 3.40. The Kier molecular flexibility index (Phi) is 4.65. The summed E-state index contributed by atoms with van der Waals surface area (Å²) in [5.41, 5.74) is 0. The number of nitrogens with one attached hydrogen (secondary N) is 1. The Morgan fingerprint density at radius 3 is 2.80 bits per heavy atom. The third kappa shape index (κ3) is 3.12. The molecule has 8 heteroatoms. The van der Waals surface area contributed by atoms with Gasteiger partial charge in [0.15, 0.2) is 0 Å². The van der Waals surface area contributed by atoms with Crippen LogP contribution in [0.5, 0.6) is 0 Å². The summed E-state index contributed by atoms with van der Waals surface area (Å²) < 4.78 is 6.05. The second-order valence-corrected chi connectivity index (χ2v) is 4.83. The molecule has 1 N–H and O–H groups in total. The van der Waals surface area contributed by atoms with Crippen LogP contribution in [0.25, 0.3) is 0 Å². The highest BCUT2D eigenvalue weighted by Gasteiger charge is 2.27. The Balaban J connectivity index is 2.04. The highest BCUT2D eigenvalue weighted by atomic mass is 16.5. The molecule has 1 aliphatic rings. The predicted octanol–water partition coefficient (Wildman–Crippen LogP) is 0.470. The number of tetrazole rings is 1. The van der Waals surface area contributed by atoms with E-state index in [0.717, 1.165) is 25.7 Å². The monoisotopic (exact) mass is 281 g/mol. The van der Waals surface area contributed by atoms with E-state index in [-0.39, 0.29) is 24.4 Å². The van der Waals surface area contributed by atoms with Gasteiger partial charge in [0.05, 0.1) is 6.61 Å². The summed E-state index contributed by atoms with van der Waals surface area (Å²) in [7, 11) is 0. The summed E-state index contributed by atoms with van der Waals surface area (Å²) in [5.74, 6) is -0.867. The van der Waals surface area contributed by atoms with Gasteiger partial charge in [-0.05, 0) is 37.1 Å². The van der Waals surface area contributed by atoms with Crippen LogP contribution < -0.4 is 5.32 Å². The summed E-state index contributed by atoms with van der Waals surface area (Å²) in [6.45, 7) is 3.58. The van der Waals surface area contributed by atoms with Gasteiger partial charge >= 0.3 is 5.97 Å². The van der Waals surface area contributed by atoms with E-state index in [9.17, 15) is 9.59 Å². The molecular weight excluding hydrogens is 262 g/mol. The number of hydrogen-bond donors (Lipinski definition) is 1. The van der Waals surface area contributed by atoms with E-state index < -0.39 is 12.0 Å². The molecule has 1 amide bonds. The Labute approximate surface area is 116 Å². The molecule has 1 aliphatic carbocycles. The molecule has 1 unspecified atom stereocenters. The van der Waals surface area contributed by atoms with Crippen molar-refractivity contribution in [3.05, 3.63) is 5.82 Å². The zero-order valence-electron chi connectivity index (χ0n) is 11.7. The van der Waals surface area contributed by atoms with Gasteiger partial charge in [0, 0.05) is 6.04 Å². The minimum atomic E-state index is -0.648. The number of ether oxygens (including phenoxy) is 1. The molecule has 2 rings (SSSR count). The van der Waals surface area contributed by atoms with Gasteiger partial charge in [0.2, 0.25) is 5.91 Å². The number of rotatable bonds is 5. The predicted molar refractivity (Wildman–Crippen MR) is 68.9 cm³/mol. The van der Waals surface area contributed by atoms with Gasteiger partial charge in [-0.3, -0.25) is 4.79 Å². The second kappa shape index (κ2) is 6.44. The summed E-state index contributed by atoms with van der Waals surface area (Å²) in [6.07, 6.45) is 4.27. The standard InChI is InChI=1S/C12H19N5O3/c1-3-20-12(19)10-14-15-16-17(10)8(2)11(18)13-9-6-4-5-7-9/h8-9H,3-7H2,1-2H3,(H,13,18). The number of amides is 1. The van der Waals surface area contributed by atoms with Gasteiger partial charge in [-0.25, -0.2) is 9.48 Å². The summed E-state index contributed by atoms with van der Waals surface area (Å²) in [4.78, 5) is 23.8. The zero-order valence-corrected chi connectivity index (χ0v) is 11.7. The summed E-state index contributed by atoms with van der Waals surface area (Å²) in [6, 6.07) is -0.433. The van der Waals surface area contributed by atoms with Crippen molar-refractivity contribution in [2.75, 3.05) is 6.61 Å². The van der Waals surface area contributed by atoms with Gasteiger partial charge in [-0.1, -0.05) is 12.8 Å². The number of nitrogens with zero attached hydrogens (tertiary/aromatic N) is 4. The van der Waals surface area contributed by atoms with Crippen molar-refractivity contribution < 1.29 is 14.3 Å². The van der Waals surface area contributed by atoms with Crippen molar-refractivity contribution in [3.63, 3.8) is 0 Å². The first kappa shape index (κ1) is 14.4. The fraction of sp³-hybridized carbons (Fsp3) is 0.750. The van der Waals surface area contributed by atoms with Gasteiger partial charge in [0.1, 0.15) is 6.04 Å². The molecule has 110 valence electrons. The highest BCUT2D eigenvalue weighted by molar-refractivity contribution is 5.87. The van der Waals surface area contributed by atoms with Crippen LogP contribution in [0, 0.1) is 0 Å². The van der Waals surface area contributed by atoms with E-state index in [0.29, 0.717) is 0 Å². The quantitative estimate of drug-likeness (QED) is 0.788. The van der Waals surface area contributed by atoms with Gasteiger partial charge in [0.25, 0.3) is 5.82 Å². The Bertz CT molecular complexity index is 481. The smallest absolute Gasteiger partial charge is 0.378 e. The first-order valence-corrected chi connectivity index (χ1v) is 6.88. The lowest BCUT2D eigenvalue weighted by Crippen LogP contribution is -2.38. The molecule has 1 heterocycles. The van der Waals surface area contributed by atoms with Crippen molar-refractivity contribution >= 4 is 11.9 Å². The maximum Gasteiger partial charge on any atom is 0.378 e. The maximum atomic E-state index is 12.2. The molecule has 0 spiro atoms. The van der Waals surface area contributed by atoms with Crippen LogP contribution in [0.2, 0.25) is 0 Å². The topological polar surface area (TPSA) is 99.0 Å². The van der Waals surface area contributed by atoms with Crippen molar-refractivity contribution in [2.24, 2.45) is 0 Å². The summed E-state index contributed by atoms with van der Waals surface area (Å²) in [5, 5.41) is 13.7. The lowest BCUT2D eigenvalue weighted by atomic mass is 10.2. The van der Waals surface area contributed by atoms with Crippen LogP contribution >= 0.6 is 0 Å². The number of aromatic nitrogens is 4. The molecule has 1 aromatic rings. The van der Waals surface area contributed by atoms with Crippen LogP contribution in [0.3, 0.4) is 0 Å². The van der Waals surface area contributed by atoms with Crippen molar-refractivity contribution in [2.45, 2.75) is 51.6 Å². The molecule has 0 aromatic carbocycles. The average molecular weight is 281 g/mol. The van der Waals surface area contributed by atoms with E-state index >= 15 is 0 Å². The first-order chi connectivity index (χ1) is 9.63. The molecule has 0 bridgehead atoms. The first-order valence-electron chi connectivity index (χ1n) is 6.88. The van der Waals surface area contributed by atoms with Gasteiger partial charge in [-0.2, -0.15) is 0 Å². The van der Waals surface area contributed by atoms with Crippen LogP contribution in [0.1, 0.15) is 56.2 Å². The molecule has 1 aromatic heterocycles. The minimum Gasteiger partial charge on any atom is -0.460 e. The van der Waals surface area contributed by atoms with Crippen LogP contribution in [0.4, 0.5) is 0 Å². The Hall–Kier alpha value is -1.99. The maximum absolute atomic E-state index is 12.2. The van der Waals surface area contributed by atoms with Crippen LogP contribution in [-0.4, -0.2) is 44.7 Å². The number of carbonyl (C=O) groups is 2. The zero-order chi connectivity index (χ0) is 14.5. The largest absolute Gasteiger partial charge is 0.460 e. The average Bonchev–Trinajstić information content (AvgIpc) is 3.08.